The van der Waals surface area contributed by atoms with Crippen molar-refractivity contribution < 1.29 is 37.0 Å². The Morgan fingerprint density at radius 3 is 2.53 bits per heavy atom. The minimum absolute atomic E-state index is 0.123. The van der Waals surface area contributed by atoms with Crippen molar-refractivity contribution >= 4 is 11.9 Å². The number of ether oxygens (including phenoxy) is 3. The van der Waals surface area contributed by atoms with Crippen molar-refractivity contribution in [1.82, 2.24) is 5.32 Å². The third kappa shape index (κ3) is 4.19. The zero-order valence-electron chi connectivity index (χ0n) is 15.7. The third-order valence-electron chi connectivity index (χ3n) is 5.06. The van der Waals surface area contributed by atoms with Crippen LogP contribution in [0, 0.1) is 5.92 Å². The molecule has 2 heterocycles. The van der Waals surface area contributed by atoms with Crippen LogP contribution in [-0.2, 0) is 26.9 Å². The van der Waals surface area contributed by atoms with E-state index in [1.165, 1.54) is 12.1 Å². The number of nitrogens with one attached hydrogen (secondary N) is 1. The predicted molar refractivity (Wildman–Crippen MR) is 97.7 cm³/mol. The fourth-order valence-electron chi connectivity index (χ4n) is 3.51. The number of benzene rings is 2. The highest BCUT2D eigenvalue weighted by molar-refractivity contribution is 5.87. The number of alkyl halides is 3. The van der Waals surface area contributed by atoms with Crippen LogP contribution in [0.1, 0.15) is 29.2 Å². The molecule has 0 spiro atoms. The SMILES string of the molecule is O=C1C[C@H](C(=O)NCCc2ccc3c(c2)OCO3)[C@@H](c2ccc(C(F)(F)F)cc2)O1. The lowest BCUT2D eigenvalue weighted by Gasteiger charge is -2.18. The highest BCUT2D eigenvalue weighted by atomic mass is 19.4. The molecule has 0 bridgehead atoms. The second-order valence-corrected chi connectivity index (χ2v) is 7.07. The lowest BCUT2D eigenvalue weighted by Crippen LogP contribution is -2.33. The average Bonchev–Trinajstić information content (AvgIpc) is 3.33. The van der Waals surface area contributed by atoms with Crippen LogP contribution in [-0.4, -0.2) is 25.2 Å². The Hall–Kier alpha value is -3.23. The van der Waals surface area contributed by atoms with Crippen molar-refractivity contribution in [3.05, 3.63) is 59.2 Å². The molecular formula is C21H18F3NO5. The standard InChI is InChI=1S/C21H18F3NO5/c22-21(23,24)14-4-2-13(3-5-14)19-15(10-18(26)30-19)20(27)25-8-7-12-1-6-16-17(9-12)29-11-28-16/h1-6,9,15,19H,7-8,10-11H2,(H,25,27)/t15-,19+/m0/s1. The van der Waals surface area contributed by atoms with Crippen LogP contribution in [0.3, 0.4) is 0 Å². The van der Waals surface area contributed by atoms with Crippen molar-refractivity contribution in [2.24, 2.45) is 5.92 Å². The molecule has 158 valence electrons. The van der Waals surface area contributed by atoms with Gasteiger partial charge in [-0.1, -0.05) is 18.2 Å². The summed E-state index contributed by atoms with van der Waals surface area (Å²) in [7, 11) is 0. The van der Waals surface area contributed by atoms with Gasteiger partial charge < -0.3 is 19.5 Å². The van der Waals surface area contributed by atoms with Gasteiger partial charge in [-0.3, -0.25) is 9.59 Å². The van der Waals surface area contributed by atoms with Gasteiger partial charge in [-0.2, -0.15) is 13.2 Å². The summed E-state index contributed by atoms with van der Waals surface area (Å²) in [5.41, 5.74) is 0.489. The second kappa shape index (κ2) is 7.89. The van der Waals surface area contributed by atoms with Crippen LogP contribution in [0.5, 0.6) is 11.5 Å². The number of carbonyl (C=O) groups excluding carboxylic acids is 2. The Morgan fingerprint density at radius 1 is 1.07 bits per heavy atom. The lowest BCUT2D eigenvalue weighted by atomic mass is 9.93. The zero-order chi connectivity index (χ0) is 21.3. The number of halogens is 3. The van der Waals surface area contributed by atoms with Crippen LogP contribution in [0.15, 0.2) is 42.5 Å². The number of esters is 1. The molecule has 2 aliphatic rings. The van der Waals surface area contributed by atoms with Crippen LogP contribution in [0.4, 0.5) is 13.2 Å². The van der Waals surface area contributed by atoms with Gasteiger partial charge in [0, 0.05) is 6.54 Å². The smallest absolute Gasteiger partial charge is 0.416 e. The molecule has 0 aliphatic carbocycles. The first-order valence-electron chi connectivity index (χ1n) is 9.34. The Morgan fingerprint density at radius 2 is 1.80 bits per heavy atom. The number of hydrogen-bond acceptors (Lipinski definition) is 5. The molecular weight excluding hydrogens is 403 g/mol. The second-order valence-electron chi connectivity index (χ2n) is 7.07. The van der Waals surface area contributed by atoms with E-state index < -0.39 is 29.7 Å². The quantitative estimate of drug-likeness (QED) is 0.750. The summed E-state index contributed by atoms with van der Waals surface area (Å²) >= 11 is 0. The van der Waals surface area contributed by atoms with Gasteiger partial charge in [-0.25, -0.2) is 0 Å². The summed E-state index contributed by atoms with van der Waals surface area (Å²) in [6, 6.07) is 9.79. The van der Waals surface area contributed by atoms with Crippen molar-refractivity contribution in [3.63, 3.8) is 0 Å². The topological polar surface area (TPSA) is 73.9 Å². The van der Waals surface area contributed by atoms with Gasteiger partial charge in [-0.15, -0.1) is 0 Å². The highest BCUT2D eigenvalue weighted by Crippen LogP contribution is 2.37. The summed E-state index contributed by atoms with van der Waals surface area (Å²) in [5.74, 6) is -0.423. The minimum Gasteiger partial charge on any atom is -0.457 e. The van der Waals surface area contributed by atoms with Crippen LogP contribution >= 0.6 is 0 Å². The van der Waals surface area contributed by atoms with E-state index in [1.54, 1.807) is 6.07 Å². The number of carbonyl (C=O) groups is 2. The number of cyclic esters (lactones) is 1. The highest BCUT2D eigenvalue weighted by Gasteiger charge is 2.41. The Balaban J connectivity index is 1.38. The summed E-state index contributed by atoms with van der Waals surface area (Å²) < 4.78 is 54.0. The maximum Gasteiger partial charge on any atom is 0.416 e. The fraction of sp³-hybridized carbons (Fsp3) is 0.333. The van der Waals surface area contributed by atoms with Crippen LogP contribution in [0.2, 0.25) is 0 Å². The minimum atomic E-state index is -4.46. The summed E-state index contributed by atoms with van der Waals surface area (Å²) in [5, 5.41) is 2.77. The summed E-state index contributed by atoms with van der Waals surface area (Å²) in [4.78, 5) is 24.4. The maximum atomic E-state index is 12.8. The lowest BCUT2D eigenvalue weighted by molar-refractivity contribution is -0.142. The molecule has 4 rings (SSSR count). The molecule has 0 saturated carbocycles. The van der Waals surface area contributed by atoms with Gasteiger partial charge in [-0.05, 0) is 41.8 Å². The Kier molecular flexibility index (Phi) is 5.27. The fourth-order valence-corrected chi connectivity index (χ4v) is 3.51. The molecule has 30 heavy (non-hydrogen) atoms. The molecule has 0 aromatic heterocycles. The number of amides is 1. The molecule has 2 aromatic carbocycles. The molecule has 2 aromatic rings. The molecule has 9 heteroatoms. The van der Waals surface area contributed by atoms with Crippen molar-refractivity contribution in [3.8, 4) is 11.5 Å². The third-order valence-corrected chi connectivity index (χ3v) is 5.06. The van der Waals surface area contributed by atoms with E-state index in [9.17, 15) is 22.8 Å². The van der Waals surface area contributed by atoms with E-state index in [1.807, 2.05) is 12.1 Å². The molecule has 1 N–H and O–H groups in total. The van der Waals surface area contributed by atoms with Crippen molar-refractivity contribution in [2.75, 3.05) is 13.3 Å². The molecule has 0 unspecified atom stereocenters. The number of rotatable bonds is 5. The molecule has 1 amide bonds. The van der Waals surface area contributed by atoms with Crippen molar-refractivity contribution in [1.29, 1.82) is 0 Å². The van der Waals surface area contributed by atoms with Gasteiger partial charge in [0.2, 0.25) is 12.7 Å². The summed E-state index contributed by atoms with van der Waals surface area (Å²) in [6.07, 6.45) is -4.96. The molecule has 1 fully saturated rings. The monoisotopic (exact) mass is 421 g/mol. The van der Waals surface area contributed by atoms with Crippen LogP contribution < -0.4 is 14.8 Å². The first-order chi connectivity index (χ1) is 14.3. The molecule has 1 saturated heterocycles. The summed E-state index contributed by atoms with van der Waals surface area (Å²) in [6.45, 7) is 0.499. The molecule has 6 nitrogen and oxygen atoms in total. The first kappa shape index (κ1) is 20.1. The van der Waals surface area contributed by atoms with Gasteiger partial charge in [0.05, 0.1) is 17.9 Å². The van der Waals surface area contributed by atoms with E-state index in [0.717, 1.165) is 17.7 Å². The Labute approximate surface area is 169 Å². The van der Waals surface area contributed by atoms with E-state index in [4.69, 9.17) is 14.2 Å². The van der Waals surface area contributed by atoms with E-state index in [-0.39, 0.29) is 19.1 Å². The number of fused-ring (bicyclic) bond motifs is 1. The van der Waals surface area contributed by atoms with Crippen molar-refractivity contribution in [2.45, 2.75) is 25.1 Å². The van der Waals surface area contributed by atoms with Crippen LogP contribution in [0.25, 0.3) is 0 Å². The van der Waals surface area contributed by atoms with E-state index in [2.05, 4.69) is 5.32 Å². The average molecular weight is 421 g/mol. The van der Waals surface area contributed by atoms with E-state index in [0.29, 0.717) is 30.0 Å². The molecule has 2 aliphatic heterocycles. The largest absolute Gasteiger partial charge is 0.457 e. The Bertz CT molecular complexity index is 958. The normalized spacial score (nSPS) is 20.2. The first-order valence-corrected chi connectivity index (χ1v) is 9.34. The van der Waals surface area contributed by atoms with Gasteiger partial charge in [0.25, 0.3) is 0 Å². The van der Waals surface area contributed by atoms with Gasteiger partial charge >= 0.3 is 12.1 Å². The predicted octanol–water partition coefficient (Wildman–Crippen LogP) is 3.40. The molecule has 2 atom stereocenters. The van der Waals surface area contributed by atoms with Gasteiger partial charge in [0.1, 0.15) is 6.10 Å². The van der Waals surface area contributed by atoms with Gasteiger partial charge in [0.15, 0.2) is 11.5 Å². The number of hydrogen-bond donors (Lipinski definition) is 1. The zero-order valence-corrected chi connectivity index (χ0v) is 15.7. The van der Waals surface area contributed by atoms with E-state index >= 15 is 0 Å². The maximum absolute atomic E-state index is 12.8. The molecule has 0 radical (unpaired) electrons.